The third-order valence-corrected chi connectivity index (χ3v) is 4.14. The van der Waals surface area contributed by atoms with Gasteiger partial charge in [0.25, 0.3) is 0 Å². The Labute approximate surface area is 145 Å². The van der Waals surface area contributed by atoms with Crippen molar-refractivity contribution >= 4 is 38.6 Å². The van der Waals surface area contributed by atoms with Crippen LogP contribution in [0.5, 0.6) is 0 Å². The molecule has 3 aromatic rings. The number of nitrogens with one attached hydrogen (secondary N) is 2. The zero-order valence-electron chi connectivity index (χ0n) is 12.8. The lowest BCUT2D eigenvalue weighted by Crippen LogP contribution is -2.38. The number of nitrogens with zero attached hydrogens (tertiary/aromatic N) is 1. The minimum Gasteiger partial charge on any atom is -0.324 e. The standard InChI is InChI=1S/C17H14BrN3O3/c1-10-8-11(18)6-7-12(10)19-15(22)9-21-14-5-3-2-4-13(14)20-16(23)17(21)24/h2-8H,9H2,1H3,(H,19,22)(H,20,23). The molecule has 0 spiro atoms. The number of H-pyrrole nitrogens is 1. The zero-order valence-corrected chi connectivity index (χ0v) is 14.4. The van der Waals surface area contributed by atoms with Crippen molar-refractivity contribution in [2.45, 2.75) is 13.5 Å². The number of halogens is 1. The van der Waals surface area contributed by atoms with Gasteiger partial charge in [-0.05, 0) is 42.8 Å². The molecule has 24 heavy (non-hydrogen) atoms. The van der Waals surface area contributed by atoms with E-state index in [-0.39, 0.29) is 12.5 Å². The molecule has 7 heteroatoms. The van der Waals surface area contributed by atoms with E-state index in [1.807, 2.05) is 19.1 Å². The summed E-state index contributed by atoms with van der Waals surface area (Å²) in [5, 5.41) is 2.77. The molecule has 0 aliphatic carbocycles. The predicted octanol–water partition coefficient (Wildman–Crippen LogP) is 2.40. The molecule has 122 valence electrons. The van der Waals surface area contributed by atoms with Crippen LogP contribution < -0.4 is 16.4 Å². The molecule has 3 rings (SSSR count). The van der Waals surface area contributed by atoms with Crippen LogP contribution in [0.1, 0.15) is 5.56 Å². The molecule has 0 atom stereocenters. The van der Waals surface area contributed by atoms with Crippen LogP contribution >= 0.6 is 15.9 Å². The maximum Gasteiger partial charge on any atom is 0.317 e. The van der Waals surface area contributed by atoms with Crippen molar-refractivity contribution < 1.29 is 4.79 Å². The third kappa shape index (κ3) is 3.16. The largest absolute Gasteiger partial charge is 0.324 e. The van der Waals surface area contributed by atoms with Gasteiger partial charge in [0.1, 0.15) is 6.54 Å². The van der Waals surface area contributed by atoms with E-state index in [4.69, 9.17) is 0 Å². The van der Waals surface area contributed by atoms with E-state index in [2.05, 4.69) is 26.2 Å². The minimum absolute atomic E-state index is 0.237. The molecule has 6 nitrogen and oxygen atoms in total. The SMILES string of the molecule is Cc1cc(Br)ccc1NC(=O)Cn1c(=O)c(=O)[nH]c2ccccc21. The minimum atomic E-state index is -0.753. The van der Waals surface area contributed by atoms with Gasteiger partial charge in [0, 0.05) is 10.2 Å². The highest BCUT2D eigenvalue weighted by Crippen LogP contribution is 2.20. The predicted molar refractivity (Wildman–Crippen MR) is 96.3 cm³/mol. The number of hydrogen-bond acceptors (Lipinski definition) is 3. The fourth-order valence-electron chi connectivity index (χ4n) is 2.48. The Balaban J connectivity index is 1.95. The van der Waals surface area contributed by atoms with Gasteiger partial charge in [0.15, 0.2) is 0 Å². The molecule has 0 aliphatic heterocycles. The highest BCUT2D eigenvalue weighted by molar-refractivity contribution is 9.10. The van der Waals surface area contributed by atoms with E-state index in [0.29, 0.717) is 16.7 Å². The van der Waals surface area contributed by atoms with Gasteiger partial charge in [0.2, 0.25) is 5.91 Å². The molecule has 0 unspecified atom stereocenters. The average molecular weight is 388 g/mol. The Morgan fingerprint density at radius 1 is 1.21 bits per heavy atom. The van der Waals surface area contributed by atoms with Crippen LogP contribution in [-0.4, -0.2) is 15.5 Å². The number of amides is 1. The first-order chi connectivity index (χ1) is 11.5. The van der Waals surface area contributed by atoms with Crippen molar-refractivity contribution in [1.29, 1.82) is 0 Å². The fraction of sp³-hybridized carbons (Fsp3) is 0.118. The summed E-state index contributed by atoms with van der Waals surface area (Å²) in [5.74, 6) is -0.377. The van der Waals surface area contributed by atoms with E-state index in [1.165, 1.54) is 4.57 Å². The van der Waals surface area contributed by atoms with Crippen molar-refractivity contribution in [2.75, 3.05) is 5.32 Å². The van der Waals surface area contributed by atoms with Crippen LogP contribution in [0, 0.1) is 6.92 Å². The second-order valence-corrected chi connectivity index (χ2v) is 6.29. The Morgan fingerprint density at radius 2 is 1.96 bits per heavy atom. The number of anilines is 1. The molecule has 0 saturated heterocycles. The number of carbonyl (C=O) groups is 1. The lowest BCUT2D eigenvalue weighted by Gasteiger charge is -2.11. The molecule has 0 saturated carbocycles. The number of para-hydroxylation sites is 2. The number of benzene rings is 2. The van der Waals surface area contributed by atoms with E-state index in [0.717, 1.165) is 10.0 Å². The average Bonchev–Trinajstić information content (AvgIpc) is 2.54. The van der Waals surface area contributed by atoms with Crippen molar-refractivity contribution in [3.05, 3.63) is 73.2 Å². The van der Waals surface area contributed by atoms with Crippen molar-refractivity contribution in [2.24, 2.45) is 0 Å². The Kier molecular flexibility index (Phi) is 4.35. The summed E-state index contributed by atoms with van der Waals surface area (Å²) in [6, 6.07) is 12.3. The van der Waals surface area contributed by atoms with Crippen LogP contribution in [0.2, 0.25) is 0 Å². The third-order valence-electron chi connectivity index (χ3n) is 3.65. The van der Waals surface area contributed by atoms with Gasteiger partial charge in [-0.25, -0.2) is 0 Å². The number of carbonyl (C=O) groups excluding carboxylic acids is 1. The lowest BCUT2D eigenvalue weighted by molar-refractivity contribution is -0.116. The molecule has 0 bridgehead atoms. The normalized spacial score (nSPS) is 10.8. The lowest BCUT2D eigenvalue weighted by atomic mass is 10.2. The Morgan fingerprint density at radius 3 is 2.71 bits per heavy atom. The molecule has 2 N–H and O–H groups in total. The first-order valence-corrected chi connectivity index (χ1v) is 8.03. The highest BCUT2D eigenvalue weighted by Gasteiger charge is 2.12. The van der Waals surface area contributed by atoms with Crippen molar-refractivity contribution in [3.63, 3.8) is 0 Å². The smallest absolute Gasteiger partial charge is 0.317 e. The Hall–Kier alpha value is -2.67. The molecule has 0 fully saturated rings. The molecule has 0 aliphatic rings. The maximum absolute atomic E-state index is 12.3. The summed E-state index contributed by atoms with van der Waals surface area (Å²) >= 11 is 3.36. The highest BCUT2D eigenvalue weighted by atomic mass is 79.9. The van der Waals surface area contributed by atoms with Crippen LogP contribution in [0.3, 0.4) is 0 Å². The first-order valence-electron chi connectivity index (χ1n) is 7.23. The first kappa shape index (κ1) is 16.2. The monoisotopic (exact) mass is 387 g/mol. The van der Waals surface area contributed by atoms with Gasteiger partial charge in [-0.3, -0.25) is 19.0 Å². The number of aromatic amines is 1. The van der Waals surface area contributed by atoms with Crippen LogP contribution in [0.25, 0.3) is 11.0 Å². The number of aromatic nitrogens is 2. The fourth-order valence-corrected chi connectivity index (χ4v) is 2.96. The summed E-state index contributed by atoms with van der Waals surface area (Å²) in [6.07, 6.45) is 0. The molecular weight excluding hydrogens is 374 g/mol. The summed E-state index contributed by atoms with van der Waals surface area (Å²) in [7, 11) is 0. The quantitative estimate of drug-likeness (QED) is 0.676. The van der Waals surface area contributed by atoms with E-state index < -0.39 is 11.1 Å². The van der Waals surface area contributed by atoms with E-state index in [1.54, 1.807) is 30.3 Å². The van der Waals surface area contributed by atoms with Gasteiger partial charge in [0.05, 0.1) is 11.0 Å². The Bertz CT molecular complexity index is 1050. The molecule has 2 aromatic carbocycles. The second kappa shape index (κ2) is 6.45. The van der Waals surface area contributed by atoms with Crippen molar-refractivity contribution in [1.82, 2.24) is 9.55 Å². The maximum atomic E-state index is 12.3. The number of hydrogen-bond donors (Lipinski definition) is 2. The second-order valence-electron chi connectivity index (χ2n) is 5.37. The molecule has 1 aromatic heterocycles. The molecule has 1 amide bonds. The molecule has 0 radical (unpaired) electrons. The van der Waals surface area contributed by atoms with Crippen molar-refractivity contribution in [3.8, 4) is 0 Å². The van der Waals surface area contributed by atoms with Gasteiger partial charge in [-0.1, -0.05) is 28.1 Å². The number of aryl methyl sites for hydroxylation is 1. The molecular formula is C17H14BrN3O3. The van der Waals surface area contributed by atoms with Crippen LogP contribution in [-0.2, 0) is 11.3 Å². The van der Waals surface area contributed by atoms with Crippen LogP contribution in [0.15, 0.2) is 56.5 Å². The summed E-state index contributed by atoms with van der Waals surface area (Å²) in [4.78, 5) is 38.7. The van der Waals surface area contributed by atoms with Gasteiger partial charge in [-0.15, -0.1) is 0 Å². The number of rotatable bonds is 3. The molecule has 1 heterocycles. The summed E-state index contributed by atoms with van der Waals surface area (Å²) in [5.41, 5.74) is 1.06. The van der Waals surface area contributed by atoms with Gasteiger partial charge in [-0.2, -0.15) is 0 Å². The van der Waals surface area contributed by atoms with Gasteiger partial charge >= 0.3 is 11.1 Å². The van der Waals surface area contributed by atoms with Crippen LogP contribution in [0.4, 0.5) is 5.69 Å². The van der Waals surface area contributed by atoms with E-state index in [9.17, 15) is 14.4 Å². The van der Waals surface area contributed by atoms with Gasteiger partial charge < -0.3 is 10.3 Å². The summed E-state index contributed by atoms with van der Waals surface area (Å²) < 4.78 is 2.09. The zero-order chi connectivity index (χ0) is 17.3. The summed E-state index contributed by atoms with van der Waals surface area (Å²) in [6.45, 7) is 1.63. The van der Waals surface area contributed by atoms with E-state index >= 15 is 0 Å². The number of fused-ring (bicyclic) bond motifs is 1. The topological polar surface area (TPSA) is 84.0 Å².